The van der Waals surface area contributed by atoms with E-state index in [1.807, 2.05) is 20.8 Å². The first-order chi connectivity index (χ1) is 14.4. The lowest BCUT2D eigenvalue weighted by atomic mass is 9.82. The predicted octanol–water partition coefficient (Wildman–Crippen LogP) is 4.32. The normalized spacial score (nSPS) is 24.6. The average molecular weight is 438 g/mol. The van der Waals surface area contributed by atoms with Crippen LogP contribution >= 0.6 is 0 Å². The van der Waals surface area contributed by atoms with E-state index in [1.165, 1.54) is 0 Å². The summed E-state index contributed by atoms with van der Waals surface area (Å²) in [6.07, 6.45) is -0.389. The molecule has 4 rings (SSSR count). The molecule has 0 radical (unpaired) electrons. The molecule has 1 fully saturated rings. The largest absolute Gasteiger partial charge is 0.410 e. The fourth-order valence-electron chi connectivity index (χ4n) is 4.48. The third-order valence-electron chi connectivity index (χ3n) is 6.29. The standard InChI is InChI=1S/C21H29F3N6O/c1-20(2,3)16-12-17(21(22,23)24)30-18(25-16)11-14(27-30)15-7-5-6-9-29(15)19(31)13-8-10-28(4)26-13/h8,10-11,15-17,25H,5-7,9,12H2,1-4H3/t15?,16-,17+/m0/s1. The van der Waals surface area contributed by atoms with Gasteiger partial charge in [0.25, 0.3) is 5.91 Å². The molecule has 170 valence electrons. The molecule has 0 saturated carbocycles. The van der Waals surface area contributed by atoms with Gasteiger partial charge in [-0.05, 0) is 37.2 Å². The van der Waals surface area contributed by atoms with Crippen molar-refractivity contribution in [1.29, 1.82) is 0 Å². The first-order valence-electron chi connectivity index (χ1n) is 10.7. The molecule has 31 heavy (non-hydrogen) atoms. The fourth-order valence-corrected chi connectivity index (χ4v) is 4.48. The highest BCUT2D eigenvalue weighted by Gasteiger charge is 2.48. The highest BCUT2D eigenvalue weighted by atomic mass is 19.4. The van der Waals surface area contributed by atoms with Gasteiger partial charge < -0.3 is 10.2 Å². The second-order valence-electron chi connectivity index (χ2n) is 9.64. The number of alkyl halides is 3. The number of halogens is 3. The Kier molecular flexibility index (Phi) is 5.29. The van der Waals surface area contributed by atoms with Gasteiger partial charge in [-0.25, -0.2) is 4.68 Å². The van der Waals surface area contributed by atoms with Crippen LogP contribution in [0.5, 0.6) is 0 Å². The molecule has 3 atom stereocenters. The number of aromatic nitrogens is 4. The number of fused-ring (bicyclic) bond motifs is 1. The van der Waals surface area contributed by atoms with Crippen molar-refractivity contribution in [2.45, 2.75) is 70.8 Å². The van der Waals surface area contributed by atoms with Gasteiger partial charge in [-0.15, -0.1) is 0 Å². The average Bonchev–Trinajstić information content (AvgIpc) is 3.31. The van der Waals surface area contributed by atoms with Crippen LogP contribution in [0, 0.1) is 5.41 Å². The van der Waals surface area contributed by atoms with E-state index in [0.717, 1.165) is 17.5 Å². The Balaban J connectivity index is 1.68. The van der Waals surface area contributed by atoms with Crippen molar-refractivity contribution in [2.24, 2.45) is 12.5 Å². The summed E-state index contributed by atoms with van der Waals surface area (Å²) >= 11 is 0. The number of carbonyl (C=O) groups is 1. The van der Waals surface area contributed by atoms with Crippen LogP contribution in [0.1, 0.15) is 74.7 Å². The van der Waals surface area contributed by atoms with Crippen LogP contribution < -0.4 is 5.32 Å². The lowest BCUT2D eigenvalue weighted by molar-refractivity contribution is -0.175. The molecule has 1 N–H and O–H groups in total. The molecule has 2 aliphatic heterocycles. The Morgan fingerprint density at radius 2 is 1.94 bits per heavy atom. The molecule has 0 bridgehead atoms. The quantitative estimate of drug-likeness (QED) is 0.759. The molecule has 10 heteroatoms. The Hall–Kier alpha value is -2.52. The summed E-state index contributed by atoms with van der Waals surface area (Å²) in [5.74, 6) is 0.142. The third kappa shape index (κ3) is 4.16. The van der Waals surface area contributed by atoms with E-state index in [4.69, 9.17) is 0 Å². The Morgan fingerprint density at radius 3 is 2.55 bits per heavy atom. The van der Waals surface area contributed by atoms with Gasteiger partial charge in [0.15, 0.2) is 6.04 Å². The summed E-state index contributed by atoms with van der Waals surface area (Å²) in [4.78, 5) is 14.8. The van der Waals surface area contributed by atoms with Crippen LogP contribution in [-0.2, 0) is 7.05 Å². The van der Waals surface area contributed by atoms with Crippen molar-refractivity contribution >= 4 is 11.7 Å². The summed E-state index contributed by atoms with van der Waals surface area (Å²) in [6.45, 7) is 6.32. The number of likely N-dealkylation sites (tertiary alicyclic amines) is 1. The summed E-state index contributed by atoms with van der Waals surface area (Å²) in [7, 11) is 1.74. The highest BCUT2D eigenvalue weighted by molar-refractivity contribution is 5.92. The first-order valence-corrected chi connectivity index (χ1v) is 10.7. The number of carbonyl (C=O) groups excluding carboxylic acids is 1. The highest BCUT2D eigenvalue weighted by Crippen LogP contribution is 2.44. The SMILES string of the molecule is Cn1ccc(C(=O)N2CCCCC2c2cc3n(n2)[C@@H](C(F)(F)F)C[C@@H](C(C)(C)C)N3)n1. The monoisotopic (exact) mass is 438 g/mol. The molecule has 1 amide bonds. The van der Waals surface area contributed by atoms with Gasteiger partial charge >= 0.3 is 6.18 Å². The maximum Gasteiger partial charge on any atom is 0.410 e. The van der Waals surface area contributed by atoms with Gasteiger partial charge in [0.1, 0.15) is 11.5 Å². The van der Waals surface area contributed by atoms with E-state index in [1.54, 1.807) is 35.0 Å². The van der Waals surface area contributed by atoms with Crippen LogP contribution in [0.2, 0.25) is 0 Å². The Bertz CT molecular complexity index is 957. The minimum Gasteiger partial charge on any atom is -0.367 e. The van der Waals surface area contributed by atoms with E-state index in [-0.39, 0.29) is 29.8 Å². The van der Waals surface area contributed by atoms with Crippen molar-refractivity contribution in [3.8, 4) is 0 Å². The summed E-state index contributed by atoms with van der Waals surface area (Å²) < 4.78 is 44.3. The molecule has 7 nitrogen and oxygen atoms in total. The van der Waals surface area contributed by atoms with Gasteiger partial charge in [-0.1, -0.05) is 20.8 Å². The summed E-state index contributed by atoms with van der Waals surface area (Å²) in [5, 5.41) is 11.8. The zero-order valence-corrected chi connectivity index (χ0v) is 18.3. The smallest absolute Gasteiger partial charge is 0.367 e. The molecule has 1 unspecified atom stereocenters. The number of nitrogens with zero attached hydrogens (tertiary/aromatic N) is 5. The van der Waals surface area contributed by atoms with Crippen LogP contribution in [-0.4, -0.2) is 49.1 Å². The molecular weight excluding hydrogens is 409 g/mol. The second kappa shape index (κ2) is 7.56. The molecular formula is C21H29F3N6O. The van der Waals surface area contributed by atoms with Crippen molar-refractivity contribution in [2.75, 3.05) is 11.9 Å². The zero-order valence-electron chi connectivity index (χ0n) is 18.3. The number of nitrogens with one attached hydrogen (secondary N) is 1. The Labute approximate surface area is 179 Å². The van der Waals surface area contributed by atoms with Crippen molar-refractivity contribution in [3.05, 3.63) is 29.7 Å². The number of hydrogen-bond acceptors (Lipinski definition) is 4. The van der Waals surface area contributed by atoms with Crippen molar-refractivity contribution < 1.29 is 18.0 Å². The van der Waals surface area contributed by atoms with Crippen LogP contribution in [0.15, 0.2) is 18.3 Å². The predicted molar refractivity (Wildman–Crippen MR) is 110 cm³/mol. The van der Waals surface area contributed by atoms with Crippen LogP contribution in [0.4, 0.5) is 19.0 Å². The zero-order chi connectivity index (χ0) is 22.6. The second-order valence-corrected chi connectivity index (χ2v) is 9.64. The van der Waals surface area contributed by atoms with E-state index < -0.39 is 12.2 Å². The van der Waals surface area contributed by atoms with Crippen LogP contribution in [0.25, 0.3) is 0 Å². The minimum atomic E-state index is -4.40. The minimum absolute atomic E-state index is 0.0810. The molecule has 4 heterocycles. The van der Waals surface area contributed by atoms with Gasteiger partial charge in [0, 0.05) is 31.9 Å². The fraction of sp³-hybridized carbons (Fsp3) is 0.667. The summed E-state index contributed by atoms with van der Waals surface area (Å²) in [6, 6.07) is 0.941. The maximum atomic E-state index is 13.9. The molecule has 0 aliphatic carbocycles. The topological polar surface area (TPSA) is 68.0 Å². The number of rotatable bonds is 2. The number of amides is 1. The Morgan fingerprint density at radius 1 is 1.19 bits per heavy atom. The number of piperidine rings is 1. The number of aryl methyl sites for hydroxylation is 1. The summed E-state index contributed by atoms with van der Waals surface area (Å²) in [5.41, 5.74) is 0.484. The molecule has 2 aromatic rings. The lowest BCUT2D eigenvalue weighted by Crippen LogP contribution is -2.44. The molecule has 0 spiro atoms. The number of hydrogen-bond donors (Lipinski definition) is 1. The van der Waals surface area contributed by atoms with E-state index >= 15 is 0 Å². The van der Waals surface area contributed by atoms with Gasteiger partial charge in [0.2, 0.25) is 0 Å². The van der Waals surface area contributed by atoms with Gasteiger partial charge in [0.05, 0.1) is 11.7 Å². The maximum absolute atomic E-state index is 13.9. The molecule has 1 saturated heterocycles. The lowest BCUT2D eigenvalue weighted by Gasteiger charge is -2.39. The number of anilines is 1. The first kappa shape index (κ1) is 21.7. The van der Waals surface area contributed by atoms with Gasteiger partial charge in [-0.3, -0.25) is 9.48 Å². The molecule has 2 aliphatic rings. The van der Waals surface area contributed by atoms with E-state index in [0.29, 0.717) is 30.2 Å². The van der Waals surface area contributed by atoms with Gasteiger partial charge in [-0.2, -0.15) is 23.4 Å². The van der Waals surface area contributed by atoms with Crippen molar-refractivity contribution in [1.82, 2.24) is 24.5 Å². The molecule has 0 aromatic carbocycles. The van der Waals surface area contributed by atoms with E-state index in [9.17, 15) is 18.0 Å². The van der Waals surface area contributed by atoms with Crippen molar-refractivity contribution in [3.63, 3.8) is 0 Å². The van der Waals surface area contributed by atoms with Crippen LogP contribution in [0.3, 0.4) is 0 Å². The molecule has 2 aromatic heterocycles. The van der Waals surface area contributed by atoms with E-state index in [2.05, 4.69) is 15.5 Å². The third-order valence-corrected chi connectivity index (χ3v) is 6.29.